The van der Waals surface area contributed by atoms with Gasteiger partial charge in [0, 0.05) is 0 Å². The molecular weight excluding hydrogens is 414 g/mol. The quantitative estimate of drug-likeness (QED) is 0.183. The fourth-order valence-electron chi connectivity index (χ4n) is 2.47. The Labute approximate surface area is 192 Å². The summed E-state index contributed by atoms with van der Waals surface area (Å²) in [7, 11) is 0. The molecule has 0 N–H and O–H groups in total. The van der Waals surface area contributed by atoms with E-state index < -0.39 is 0 Å². The zero-order chi connectivity index (χ0) is 18.6. The van der Waals surface area contributed by atoms with Crippen molar-refractivity contribution in [1.29, 1.82) is 0 Å². The zero-order valence-electron chi connectivity index (χ0n) is 15.4. The summed E-state index contributed by atoms with van der Waals surface area (Å²) in [6.07, 6.45) is 4.08. The second-order valence-electron chi connectivity index (χ2n) is 5.38. The van der Waals surface area contributed by atoms with Gasteiger partial charge in [0.05, 0.1) is 0 Å². The van der Waals surface area contributed by atoms with Crippen LogP contribution in [-0.2, 0) is 37.1 Å². The maximum Gasteiger partial charge on any atom is 2.00 e. The van der Waals surface area contributed by atoms with Crippen molar-refractivity contribution in [2.75, 3.05) is 0 Å². The summed E-state index contributed by atoms with van der Waals surface area (Å²) < 4.78 is 0. The first-order chi connectivity index (χ1) is 12.8. The second-order valence-corrected chi connectivity index (χ2v) is 5.38. The van der Waals surface area contributed by atoms with Crippen LogP contribution >= 0.6 is 0 Å². The van der Waals surface area contributed by atoms with Crippen molar-refractivity contribution in [3.63, 3.8) is 0 Å². The number of hydrogen-bond donors (Lipinski definition) is 0. The molecule has 0 heterocycles. The molecule has 0 amide bonds. The summed E-state index contributed by atoms with van der Waals surface area (Å²) in [6, 6.07) is 31.9. The molecular formula is C26H20V2. The molecule has 0 atom stereocenters. The van der Waals surface area contributed by atoms with Gasteiger partial charge in [0.25, 0.3) is 0 Å². The monoisotopic (exact) mass is 434 g/mol. The summed E-state index contributed by atoms with van der Waals surface area (Å²) in [5.74, 6) is 0. The van der Waals surface area contributed by atoms with Crippen LogP contribution < -0.4 is 0 Å². The molecule has 0 saturated carbocycles. The van der Waals surface area contributed by atoms with Gasteiger partial charge in [0.1, 0.15) is 0 Å². The van der Waals surface area contributed by atoms with Crippen LogP contribution in [0.4, 0.5) is 0 Å². The number of rotatable bonds is 2. The van der Waals surface area contributed by atoms with Gasteiger partial charge in [-0.1, -0.05) is 60.7 Å². The Bertz CT molecular complexity index is 928. The van der Waals surface area contributed by atoms with E-state index in [1.165, 1.54) is 39.8 Å². The average Bonchev–Trinajstić information content (AvgIpc) is 2.75. The van der Waals surface area contributed by atoms with Crippen molar-refractivity contribution in [2.45, 2.75) is 0 Å². The standard InChI is InChI=1S/C14H10.C8H6.C4H4.2V/c1-3-7-13-11(5-1)9-10-12-6-2-4-8-14(12)13;1-2-8-6-4-3-5-7-8;1-3-4-2;;/h1-10H;1-6H;1-4H;;/q;2*-2;2*+2. The van der Waals surface area contributed by atoms with E-state index in [4.69, 9.17) is 19.7 Å². The summed E-state index contributed by atoms with van der Waals surface area (Å²) in [6.45, 7) is 14.6. The predicted octanol–water partition coefficient (Wildman–Crippen LogP) is 6.89. The minimum absolute atomic E-state index is 0. The minimum Gasteiger partial charge on any atom is -0.394 e. The molecule has 0 fully saturated rings. The zero-order valence-corrected chi connectivity index (χ0v) is 18.2. The molecule has 0 unspecified atom stereocenters. The number of hydrogen-bond acceptors (Lipinski definition) is 0. The first-order valence-corrected chi connectivity index (χ1v) is 8.26. The van der Waals surface area contributed by atoms with Gasteiger partial charge in [0.2, 0.25) is 0 Å². The van der Waals surface area contributed by atoms with Crippen molar-refractivity contribution in [3.8, 4) is 0 Å². The molecule has 4 aromatic rings. The van der Waals surface area contributed by atoms with Gasteiger partial charge >= 0.3 is 37.1 Å². The first-order valence-electron chi connectivity index (χ1n) is 8.26. The molecule has 4 aromatic carbocycles. The van der Waals surface area contributed by atoms with Crippen LogP contribution in [0.15, 0.2) is 97.1 Å². The third-order valence-corrected chi connectivity index (χ3v) is 3.68. The van der Waals surface area contributed by atoms with Crippen molar-refractivity contribution in [3.05, 3.63) is 128 Å². The molecule has 0 spiro atoms. The van der Waals surface area contributed by atoms with E-state index in [1.54, 1.807) is 0 Å². The molecule has 0 aromatic heterocycles. The van der Waals surface area contributed by atoms with E-state index in [9.17, 15) is 0 Å². The van der Waals surface area contributed by atoms with E-state index in [0.29, 0.717) is 0 Å². The van der Waals surface area contributed by atoms with Crippen LogP contribution in [0.1, 0.15) is 5.56 Å². The third kappa shape index (κ3) is 7.80. The normalized spacial score (nSPS) is 8.57. The molecule has 0 saturated heterocycles. The van der Waals surface area contributed by atoms with Gasteiger partial charge in [0.15, 0.2) is 0 Å². The van der Waals surface area contributed by atoms with Crippen LogP contribution in [0.25, 0.3) is 27.6 Å². The fraction of sp³-hybridized carbons (Fsp3) is 0. The van der Waals surface area contributed by atoms with E-state index in [0.717, 1.165) is 5.56 Å². The van der Waals surface area contributed by atoms with E-state index in [2.05, 4.69) is 66.7 Å². The van der Waals surface area contributed by atoms with Crippen LogP contribution in [-0.4, -0.2) is 0 Å². The van der Waals surface area contributed by atoms with E-state index >= 15 is 0 Å². The van der Waals surface area contributed by atoms with Crippen LogP contribution in [0.5, 0.6) is 0 Å². The average molecular weight is 434 g/mol. The smallest absolute Gasteiger partial charge is 0.394 e. The van der Waals surface area contributed by atoms with Crippen LogP contribution in [0.2, 0.25) is 0 Å². The maximum atomic E-state index is 5.19. The van der Waals surface area contributed by atoms with Crippen molar-refractivity contribution in [2.24, 2.45) is 0 Å². The Kier molecular flexibility index (Phi) is 13.6. The summed E-state index contributed by atoms with van der Waals surface area (Å²) in [4.78, 5) is 0. The molecule has 0 aliphatic rings. The topological polar surface area (TPSA) is 0 Å². The van der Waals surface area contributed by atoms with Gasteiger partial charge in [-0.25, -0.2) is 12.1 Å². The fourth-order valence-corrected chi connectivity index (χ4v) is 2.47. The Hall–Kier alpha value is -2.21. The van der Waals surface area contributed by atoms with Crippen LogP contribution in [0, 0.1) is 25.8 Å². The number of allylic oxidation sites excluding steroid dienone is 2. The predicted molar refractivity (Wildman–Crippen MR) is 113 cm³/mol. The molecule has 134 valence electrons. The Balaban J connectivity index is 0.000000450. The maximum absolute atomic E-state index is 5.19. The molecule has 0 bridgehead atoms. The molecule has 0 nitrogen and oxygen atoms in total. The Morgan fingerprint density at radius 3 is 1.39 bits per heavy atom. The molecule has 2 radical (unpaired) electrons. The van der Waals surface area contributed by atoms with Crippen molar-refractivity contribution in [1.82, 2.24) is 0 Å². The SMILES string of the molecule is [CH-]=CC=[CH-].[CH-]=Cc1[c-]cccc1.[V+2].[V+2].c1ccc2c(c1)ccc1ccccc12. The second kappa shape index (κ2) is 14.8. The molecule has 4 rings (SSSR count). The first kappa shape index (κ1) is 25.8. The van der Waals surface area contributed by atoms with Gasteiger partial charge in [-0.2, -0.15) is 12.1 Å². The van der Waals surface area contributed by atoms with E-state index in [1.807, 2.05) is 24.3 Å². The van der Waals surface area contributed by atoms with Gasteiger partial charge < -0.3 is 43.5 Å². The van der Waals surface area contributed by atoms with Crippen molar-refractivity contribution < 1.29 is 37.1 Å². The summed E-state index contributed by atoms with van der Waals surface area (Å²) in [5.41, 5.74) is 0.938. The molecule has 2 heteroatoms. The van der Waals surface area contributed by atoms with Crippen molar-refractivity contribution >= 4 is 27.6 Å². The minimum atomic E-state index is 0. The Morgan fingerprint density at radius 2 is 1.04 bits per heavy atom. The molecule has 28 heavy (non-hydrogen) atoms. The molecule has 0 aliphatic carbocycles. The molecule has 0 aliphatic heterocycles. The Morgan fingerprint density at radius 1 is 0.571 bits per heavy atom. The largest absolute Gasteiger partial charge is 2.00 e. The summed E-state index contributed by atoms with van der Waals surface area (Å²) in [5, 5.41) is 5.30. The third-order valence-electron chi connectivity index (χ3n) is 3.68. The van der Waals surface area contributed by atoms with E-state index in [-0.39, 0.29) is 37.1 Å². The van der Waals surface area contributed by atoms with Gasteiger partial charge in [-0.15, -0.1) is 6.07 Å². The summed E-state index contributed by atoms with van der Waals surface area (Å²) >= 11 is 0. The van der Waals surface area contributed by atoms with Gasteiger partial charge in [-0.05, 0) is 21.5 Å². The number of benzene rings is 4. The number of fused-ring (bicyclic) bond motifs is 3. The van der Waals surface area contributed by atoms with Crippen LogP contribution in [0.3, 0.4) is 0 Å². The van der Waals surface area contributed by atoms with Gasteiger partial charge in [-0.3, -0.25) is 0 Å².